The van der Waals surface area contributed by atoms with Crippen LogP contribution in [0.2, 0.25) is 0 Å². The number of Topliss-reactive ketones (excluding diaryl/α,β-unsaturated/α-hetero) is 1. The van der Waals surface area contributed by atoms with Gasteiger partial charge in [0.15, 0.2) is 0 Å². The predicted octanol–water partition coefficient (Wildman–Crippen LogP) is 4.42. The minimum atomic E-state index is 0.268. The lowest BCUT2D eigenvalue weighted by atomic mass is 9.82. The average molecular weight is 228 g/mol. The van der Waals surface area contributed by atoms with Crippen molar-refractivity contribution in [1.29, 1.82) is 0 Å². The van der Waals surface area contributed by atoms with Crippen molar-refractivity contribution in [2.75, 3.05) is 0 Å². The maximum atomic E-state index is 11.1. The summed E-state index contributed by atoms with van der Waals surface area (Å²) >= 11 is 0. The number of benzene rings is 1. The van der Waals surface area contributed by atoms with Crippen LogP contribution in [0.15, 0.2) is 18.2 Å². The molecule has 1 nitrogen and oxygen atoms in total. The normalized spacial score (nSPS) is 14.6. The molecule has 0 heterocycles. The summed E-state index contributed by atoms with van der Waals surface area (Å²) in [5, 5.41) is 0. The molecule has 0 radical (unpaired) electrons. The molecule has 0 spiro atoms. The zero-order valence-corrected chi connectivity index (χ0v) is 10.9. The van der Waals surface area contributed by atoms with Crippen LogP contribution in [0, 0.1) is 0 Å². The van der Waals surface area contributed by atoms with Crippen LogP contribution in [0.1, 0.15) is 62.6 Å². The predicted molar refractivity (Wildman–Crippen MR) is 72.9 cm³/mol. The van der Waals surface area contributed by atoms with Gasteiger partial charge < -0.3 is 4.79 Å². The second kappa shape index (κ2) is 4.87. The van der Waals surface area contributed by atoms with E-state index in [1.807, 2.05) is 0 Å². The van der Waals surface area contributed by atoms with Crippen LogP contribution in [-0.4, -0.2) is 5.78 Å². The first-order valence-corrected chi connectivity index (χ1v) is 6.46. The Bertz CT molecular complexity index is 468. The van der Waals surface area contributed by atoms with Crippen molar-refractivity contribution in [2.45, 2.75) is 46.0 Å². The smallest absolute Gasteiger partial charge is 0.130 e. The monoisotopic (exact) mass is 228 g/mol. The minimum Gasteiger partial charge on any atom is -0.300 e. The Morgan fingerprint density at radius 2 is 2.12 bits per heavy atom. The van der Waals surface area contributed by atoms with Gasteiger partial charge >= 0.3 is 0 Å². The molecule has 0 aromatic heterocycles. The summed E-state index contributed by atoms with van der Waals surface area (Å²) in [6, 6.07) is 6.61. The lowest BCUT2D eigenvalue weighted by Gasteiger charge is -2.22. The van der Waals surface area contributed by atoms with Gasteiger partial charge in [0.2, 0.25) is 0 Å². The van der Waals surface area contributed by atoms with Crippen LogP contribution >= 0.6 is 0 Å². The molecule has 0 fully saturated rings. The molecule has 0 bridgehead atoms. The molecule has 0 aliphatic heterocycles. The summed E-state index contributed by atoms with van der Waals surface area (Å²) in [6.07, 6.45) is 5.28. The Kier molecular flexibility index (Phi) is 3.46. The SMILES string of the molecule is CCCC1=Cc2ccc([C@H](C)CC(C)=O)cc21. The second-order valence-corrected chi connectivity index (χ2v) is 5.07. The van der Waals surface area contributed by atoms with E-state index < -0.39 is 0 Å². The van der Waals surface area contributed by atoms with E-state index in [0.717, 1.165) is 6.42 Å². The summed E-state index contributed by atoms with van der Waals surface area (Å²) in [5.74, 6) is 0.603. The van der Waals surface area contributed by atoms with Crippen LogP contribution < -0.4 is 0 Å². The molecule has 0 amide bonds. The maximum absolute atomic E-state index is 11.1. The van der Waals surface area contributed by atoms with Crippen molar-refractivity contribution in [3.63, 3.8) is 0 Å². The third-order valence-electron chi connectivity index (χ3n) is 3.44. The number of carbonyl (C=O) groups is 1. The fourth-order valence-corrected chi connectivity index (χ4v) is 2.50. The highest BCUT2D eigenvalue weighted by Gasteiger charge is 2.17. The van der Waals surface area contributed by atoms with Gasteiger partial charge in [-0.2, -0.15) is 0 Å². The van der Waals surface area contributed by atoms with Gasteiger partial charge in [-0.1, -0.05) is 44.5 Å². The summed E-state index contributed by atoms with van der Waals surface area (Å²) < 4.78 is 0. The van der Waals surface area contributed by atoms with Gasteiger partial charge in [0, 0.05) is 6.42 Å². The van der Waals surface area contributed by atoms with E-state index in [1.165, 1.54) is 28.7 Å². The van der Waals surface area contributed by atoms with Crippen LogP contribution in [-0.2, 0) is 4.79 Å². The molecule has 0 unspecified atom stereocenters. The van der Waals surface area contributed by atoms with E-state index in [0.29, 0.717) is 12.3 Å². The molecule has 0 N–H and O–H groups in total. The Morgan fingerprint density at radius 1 is 1.35 bits per heavy atom. The maximum Gasteiger partial charge on any atom is 0.130 e. The molecule has 0 saturated heterocycles. The van der Waals surface area contributed by atoms with E-state index in [-0.39, 0.29) is 5.78 Å². The largest absolute Gasteiger partial charge is 0.300 e. The minimum absolute atomic E-state index is 0.268. The van der Waals surface area contributed by atoms with Crippen molar-refractivity contribution in [3.8, 4) is 0 Å². The van der Waals surface area contributed by atoms with Crippen molar-refractivity contribution in [2.24, 2.45) is 0 Å². The number of fused-ring (bicyclic) bond motifs is 1. The van der Waals surface area contributed by atoms with Crippen molar-refractivity contribution in [1.82, 2.24) is 0 Å². The molecule has 0 saturated carbocycles. The Labute approximate surface area is 104 Å². The second-order valence-electron chi connectivity index (χ2n) is 5.07. The Balaban J connectivity index is 2.15. The summed E-state index contributed by atoms with van der Waals surface area (Å²) in [4.78, 5) is 11.1. The van der Waals surface area contributed by atoms with Gasteiger partial charge in [-0.25, -0.2) is 0 Å². The number of hydrogen-bond donors (Lipinski definition) is 0. The summed E-state index contributed by atoms with van der Waals surface area (Å²) in [7, 11) is 0. The van der Waals surface area contributed by atoms with E-state index in [4.69, 9.17) is 0 Å². The number of carbonyl (C=O) groups excluding carboxylic acids is 1. The van der Waals surface area contributed by atoms with Gasteiger partial charge in [0.05, 0.1) is 0 Å². The number of hydrogen-bond acceptors (Lipinski definition) is 1. The van der Waals surface area contributed by atoms with E-state index in [2.05, 4.69) is 38.1 Å². The van der Waals surface area contributed by atoms with Crippen LogP contribution in [0.4, 0.5) is 0 Å². The molecule has 1 aromatic carbocycles. The first-order chi connectivity index (χ1) is 8.11. The van der Waals surface area contributed by atoms with Crippen LogP contribution in [0.5, 0.6) is 0 Å². The Morgan fingerprint density at radius 3 is 2.76 bits per heavy atom. The van der Waals surface area contributed by atoms with Gasteiger partial charge in [0.25, 0.3) is 0 Å². The zero-order valence-electron chi connectivity index (χ0n) is 10.9. The topological polar surface area (TPSA) is 17.1 Å². The van der Waals surface area contributed by atoms with Gasteiger partial charge in [-0.15, -0.1) is 0 Å². The highest BCUT2D eigenvalue weighted by atomic mass is 16.1. The molecule has 1 aliphatic carbocycles. The standard InChI is InChI=1S/C16H20O/c1-4-5-14-9-15-7-6-13(10-16(14)15)11(2)8-12(3)17/h6-7,9-11H,4-5,8H2,1-3H3/t11-/m1/s1. The lowest BCUT2D eigenvalue weighted by molar-refractivity contribution is -0.117. The fourth-order valence-electron chi connectivity index (χ4n) is 2.50. The first kappa shape index (κ1) is 12.1. The molecule has 90 valence electrons. The highest BCUT2D eigenvalue weighted by Crippen LogP contribution is 2.37. The first-order valence-electron chi connectivity index (χ1n) is 6.46. The molecule has 17 heavy (non-hydrogen) atoms. The fraction of sp³-hybridized carbons (Fsp3) is 0.438. The van der Waals surface area contributed by atoms with Gasteiger partial charge in [0.1, 0.15) is 5.78 Å². The van der Waals surface area contributed by atoms with Gasteiger partial charge in [-0.05, 0) is 41.5 Å². The summed E-state index contributed by atoms with van der Waals surface area (Å²) in [5.41, 5.74) is 5.52. The van der Waals surface area contributed by atoms with Crippen LogP contribution in [0.25, 0.3) is 11.6 Å². The third-order valence-corrected chi connectivity index (χ3v) is 3.44. The molecule has 1 aromatic rings. The highest BCUT2D eigenvalue weighted by molar-refractivity contribution is 5.95. The average Bonchev–Trinajstić information content (AvgIpc) is 2.25. The van der Waals surface area contributed by atoms with Crippen LogP contribution in [0.3, 0.4) is 0 Å². The van der Waals surface area contributed by atoms with Crippen molar-refractivity contribution < 1.29 is 4.79 Å². The molecule has 1 aliphatic rings. The lowest BCUT2D eigenvalue weighted by Crippen LogP contribution is -2.04. The molecule has 1 atom stereocenters. The number of ketones is 1. The summed E-state index contributed by atoms with van der Waals surface area (Å²) in [6.45, 7) is 6.01. The van der Waals surface area contributed by atoms with E-state index >= 15 is 0 Å². The number of rotatable bonds is 5. The molecular formula is C16H20O. The van der Waals surface area contributed by atoms with E-state index in [1.54, 1.807) is 6.92 Å². The molecule has 2 rings (SSSR count). The van der Waals surface area contributed by atoms with Crippen molar-refractivity contribution >= 4 is 17.4 Å². The van der Waals surface area contributed by atoms with Gasteiger partial charge in [-0.3, -0.25) is 0 Å². The third kappa shape index (κ3) is 2.49. The zero-order chi connectivity index (χ0) is 12.4. The van der Waals surface area contributed by atoms with E-state index in [9.17, 15) is 4.79 Å². The Hall–Kier alpha value is -1.37. The number of allylic oxidation sites excluding steroid dienone is 1. The molecule has 1 heteroatoms. The quantitative estimate of drug-likeness (QED) is 0.729. The molecular weight excluding hydrogens is 208 g/mol. The van der Waals surface area contributed by atoms with Crippen molar-refractivity contribution in [3.05, 3.63) is 34.9 Å².